The summed E-state index contributed by atoms with van der Waals surface area (Å²) in [5.74, 6) is -0.910. The minimum Gasteiger partial charge on any atom is -0.448 e. The van der Waals surface area contributed by atoms with E-state index < -0.39 is 24.4 Å². The fraction of sp³-hybridized carbons (Fsp3) is 0.600. The van der Waals surface area contributed by atoms with Gasteiger partial charge in [-0.1, -0.05) is 36.3 Å². The predicted octanol–water partition coefficient (Wildman–Crippen LogP) is 2.73. The molecule has 0 spiro atoms. The number of ether oxygens (including phenoxy) is 2. The summed E-state index contributed by atoms with van der Waals surface area (Å²) in [4.78, 5) is 25.6. The highest BCUT2D eigenvalue weighted by Crippen LogP contribution is 2.21. The molecule has 1 aliphatic heterocycles. The second-order valence-corrected chi connectivity index (χ2v) is 6.52. The first-order valence-corrected chi connectivity index (χ1v) is 8.99. The van der Waals surface area contributed by atoms with Crippen LogP contribution in [0.4, 0.5) is 0 Å². The Balaban J connectivity index is 2.87. The summed E-state index contributed by atoms with van der Waals surface area (Å²) in [5, 5.41) is 9.91. The Labute approximate surface area is 156 Å². The van der Waals surface area contributed by atoms with Gasteiger partial charge in [-0.05, 0) is 39.2 Å². The Hall–Kier alpha value is -1.92. The normalized spacial score (nSPS) is 22.8. The predicted molar refractivity (Wildman–Crippen MR) is 100 cm³/mol. The minimum atomic E-state index is -1.02. The van der Waals surface area contributed by atoms with Crippen LogP contribution in [0.1, 0.15) is 47.0 Å². The summed E-state index contributed by atoms with van der Waals surface area (Å²) < 4.78 is 10.4. The monoisotopic (exact) mass is 365 g/mol. The van der Waals surface area contributed by atoms with Gasteiger partial charge in [0.1, 0.15) is 6.10 Å². The Morgan fingerprint density at radius 3 is 2.58 bits per heavy atom. The van der Waals surface area contributed by atoms with Crippen LogP contribution in [0, 0.1) is 0 Å². The summed E-state index contributed by atoms with van der Waals surface area (Å²) in [6.45, 7) is 7.65. The van der Waals surface area contributed by atoms with Gasteiger partial charge in [0.25, 0.3) is 5.91 Å². The maximum Gasteiger partial charge on any atom is 0.303 e. The van der Waals surface area contributed by atoms with Gasteiger partial charge in [0.2, 0.25) is 0 Å². The lowest BCUT2D eigenvalue weighted by Gasteiger charge is -2.27. The Morgan fingerprint density at radius 1 is 1.31 bits per heavy atom. The topological polar surface area (TPSA) is 76.1 Å². The molecule has 1 aliphatic rings. The van der Waals surface area contributed by atoms with Crippen molar-refractivity contribution in [2.45, 2.75) is 65.4 Å². The van der Waals surface area contributed by atoms with E-state index in [1.54, 1.807) is 6.08 Å². The van der Waals surface area contributed by atoms with Crippen molar-refractivity contribution in [2.75, 3.05) is 13.7 Å². The standard InChI is InChI=1S/C20H31NO5/c1-6-8-14(2)9-7-10-15(3)13-18(26-16(4)22)19(24)21-12-11-17(23)20(21)25-5/h7-9,13,17-18,20,23H,6,10-12H2,1-5H3/b9-7+,14-8+,15-13+/t17-,18-,20+/m1/s1. The van der Waals surface area contributed by atoms with Gasteiger partial charge < -0.3 is 19.5 Å². The number of hydrogen-bond acceptors (Lipinski definition) is 5. The molecule has 6 nitrogen and oxygen atoms in total. The molecule has 0 bridgehead atoms. The highest BCUT2D eigenvalue weighted by molar-refractivity contribution is 5.85. The van der Waals surface area contributed by atoms with E-state index in [1.807, 2.05) is 26.0 Å². The molecule has 0 aromatic carbocycles. The molecule has 0 saturated carbocycles. The lowest BCUT2D eigenvalue weighted by Crippen LogP contribution is -2.46. The number of nitrogens with zero attached hydrogens (tertiary/aromatic N) is 1. The summed E-state index contributed by atoms with van der Waals surface area (Å²) in [6.07, 6.45) is 7.43. The molecule has 6 heteroatoms. The molecule has 0 aromatic rings. The molecular formula is C20H31NO5. The lowest BCUT2D eigenvalue weighted by atomic mass is 10.1. The number of likely N-dealkylation sites (tertiary alicyclic amines) is 1. The van der Waals surface area contributed by atoms with E-state index in [-0.39, 0.29) is 5.91 Å². The maximum atomic E-state index is 12.8. The number of esters is 1. The van der Waals surface area contributed by atoms with Crippen molar-refractivity contribution < 1.29 is 24.2 Å². The number of rotatable bonds is 8. The minimum absolute atomic E-state index is 0.365. The molecule has 146 valence electrons. The van der Waals surface area contributed by atoms with Crippen LogP contribution in [0.2, 0.25) is 0 Å². The van der Waals surface area contributed by atoms with Gasteiger partial charge >= 0.3 is 5.97 Å². The first-order valence-electron chi connectivity index (χ1n) is 8.99. The number of aliphatic hydroxyl groups is 1. The highest BCUT2D eigenvalue weighted by atomic mass is 16.5. The molecule has 1 fully saturated rings. The molecule has 0 unspecified atom stereocenters. The van der Waals surface area contributed by atoms with Gasteiger partial charge in [0.15, 0.2) is 12.3 Å². The fourth-order valence-electron chi connectivity index (χ4n) is 2.91. The number of methoxy groups -OCH3 is 1. The molecule has 1 N–H and O–H groups in total. The molecule has 0 aliphatic carbocycles. The summed E-state index contributed by atoms with van der Waals surface area (Å²) in [7, 11) is 1.44. The van der Waals surface area contributed by atoms with Gasteiger partial charge in [-0.25, -0.2) is 0 Å². The van der Waals surface area contributed by atoms with Crippen molar-refractivity contribution in [1.29, 1.82) is 0 Å². The van der Waals surface area contributed by atoms with Crippen LogP contribution < -0.4 is 0 Å². The molecule has 1 heterocycles. The van der Waals surface area contributed by atoms with Crippen LogP contribution in [0.25, 0.3) is 0 Å². The van der Waals surface area contributed by atoms with Gasteiger partial charge in [-0.3, -0.25) is 9.59 Å². The maximum absolute atomic E-state index is 12.8. The average molecular weight is 365 g/mol. The summed E-state index contributed by atoms with van der Waals surface area (Å²) >= 11 is 0. The van der Waals surface area contributed by atoms with Crippen molar-refractivity contribution in [3.63, 3.8) is 0 Å². The van der Waals surface area contributed by atoms with Crippen LogP contribution in [0.3, 0.4) is 0 Å². The fourth-order valence-corrected chi connectivity index (χ4v) is 2.91. The van der Waals surface area contributed by atoms with Crippen molar-refractivity contribution in [3.05, 3.63) is 35.5 Å². The molecule has 26 heavy (non-hydrogen) atoms. The number of hydrogen-bond donors (Lipinski definition) is 1. The average Bonchev–Trinajstić information content (AvgIpc) is 2.94. The van der Waals surface area contributed by atoms with E-state index in [4.69, 9.17) is 9.47 Å². The molecule has 0 aromatic heterocycles. The van der Waals surface area contributed by atoms with Crippen molar-refractivity contribution in [2.24, 2.45) is 0 Å². The van der Waals surface area contributed by atoms with Crippen molar-refractivity contribution in [3.8, 4) is 0 Å². The van der Waals surface area contributed by atoms with Crippen LogP contribution >= 0.6 is 0 Å². The molecule has 0 radical (unpaired) electrons. The number of aliphatic hydroxyl groups excluding tert-OH is 1. The van der Waals surface area contributed by atoms with E-state index >= 15 is 0 Å². The van der Waals surface area contributed by atoms with Crippen LogP contribution in [-0.2, 0) is 19.1 Å². The number of allylic oxidation sites excluding steroid dienone is 5. The molecule has 3 atom stereocenters. The van der Waals surface area contributed by atoms with Gasteiger partial charge in [0, 0.05) is 20.6 Å². The van der Waals surface area contributed by atoms with E-state index in [0.717, 1.165) is 12.0 Å². The zero-order chi connectivity index (χ0) is 19.7. The third kappa shape index (κ3) is 6.77. The SMILES string of the molecule is CC/C=C(C)/C=C/C/C(C)=C/[C@@H](OC(C)=O)C(=O)N1CC[C@@H](O)[C@@H]1OC. The number of carbonyl (C=O) groups excluding carboxylic acids is 2. The van der Waals surface area contributed by atoms with E-state index in [2.05, 4.69) is 13.0 Å². The first-order chi connectivity index (χ1) is 12.3. The van der Waals surface area contributed by atoms with E-state index in [0.29, 0.717) is 19.4 Å². The Morgan fingerprint density at radius 2 is 2.00 bits per heavy atom. The Kier molecular flexibility index (Phi) is 9.30. The first kappa shape index (κ1) is 22.1. The van der Waals surface area contributed by atoms with E-state index in [9.17, 15) is 14.7 Å². The number of amides is 1. The largest absolute Gasteiger partial charge is 0.448 e. The smallest absolute Gasteiger partial charge is 0.303 e. The third-order valence-corrected chi connectivity index (χ3v) is 4.15. The van der Waals surface area contributed by atoms with Crippen LogP contribution in [0.5, 0.6) is 0 Å². The molecule has 1 amide bonds. The molecular weight excluding hydrogens is 334 g/mol. The summed E-state index contributed by atoms with van der Waals surface area (Å²) in [6, 6.07) is 0. The third-order valence-electron chi connectivity index (χ3n) is 4.15. The second-order valence-electron chi connectivity index (χ2n) is 6.52. The second kappa shape index (κ2) is 10.9. The van der Waals surface area contributed by atoms with E-state index in [1.165, 1.54) is 24.5 Å². The van der Waals surface area contributed by atoms with Gasteiger partial charge in [-0.15, -0.1) is 0 Å². The van der Waals surface area contributed by atoms with Gasteiger partial charge in [0.05, 0.1) is 0 Å². The van der Waals surface area contributed by atoms with Crippen LogP contribution in [0.15, 0.2) is 35.5 Å². The zero-order valence-corrected chi connectivity index (χ0v) is 16.4. The van der Waals surface area contributed by atoms with Crippen molar-refractivity contribution in [1.82, 2.24) is 4.90 Å². The van der Waals surface area contributed by atoms with Gasteiger partial charge in [-0.2, -0.15) is 0 Å². The Bertz CT molecular complexity index is 579. The quantitative estimate of drug-likeness (QED) is 0.407. The molecule has 1 saturated heterocycles. The zero-order valence-electron chi connectivity index (χ0n) is 16.4. The number of carbonyl (C=O) groups is 2. The lowest BCUT2D eigenvalue weighted by molar-refractivity contribution is -0.162. The van der Waals surface area contributed by atoms with Crippen LogP contribution in [-0.4, -0.2) is 54.0 Å². The van der Waals surface area contributed by atoms with Crippen molar-refractivity contribution >= 4 is 11.9 Å². The summed E-state index contributed by atoms with van der Waals surface area (Å²) in [5.41, 5.74) is 2.10. The molecule has 1 rings (SSSR count). The highest BCUT2D eigenvalue weighted by Gasteiger charge is 2.39.